The fourth-order valence-corrected chi connectivity index (χ4v) is 3.21. The Kier molecular flexibility index (Phi) is 6.14. The minimum atomic E-state index is -0.257. The van der Waals surface area contributed by atoms with E-state index >= 15 is 0 Å². The summed E-state index contributed by atoms with van der Waals surface area (Å²) in [4.78, 5) is 26.1. The van der Waals surface area contributed by atoms with E-state index in [-0.39, 0.29) is 11.1 Å². The lowest BCUT2D eigenvalue weighted by Gasteiger charge is -2.13. The van der Waals surface area contributed by atoms with Crippen LogP contribution in [0.15, 0.2) is 17.0 Å². The van der Waals surface area contributed by atoms with Crippen LogP contribution < -0.4 is 14.2 Å². The van der Waals surface area contributed by atoms with E-state index in [2.05, 4.69) is 0 Å². The highest BCUT2D eigenvalue weighted by molar-refractivity contribution is 8.18. The summed E-state index contributed by atoms with van der Waals surface area (Å²) in [6.45, 7) is 2.47. The van der Waals surface area contributed by atoms with Gasteiger partial charge < -0.3 is 14.2 Å². The van der Waals surface area contributed by atoms with Gasteiger partial charge in [-0.05, 0) is 42.0 Å². The molecule has 1 aromatic rings. The van der Waals surface area contributed by atoms with Crippen molar-refractivity contribution < 1.29 is 23.8 Å². The van der Waals surface area contributed by atoms with Gasteiger partial charge in [-0.1, -0.05) is 13.3 Å². The fraction of sp³-hybridized carbons (Fsp3) is 0.412. The summed E-state index contributed by atoms with van der Waals surface area (Å²) >= 11 is 0.950. The zero-order chi connectivity index (χ0) is 17.7. The largest absolute Gasteiger partial charge is 0.493 e. The zero-order valence-corrected chi connectivity index (χ0v) is 15.1. The molecule has 2 rings (SSSR count). The first kappa shape index (κ1) is 18.2. The number of ether oxygens (including phenoxy) is 3. The van der Waals surface area contributed by atoms with Gasteiger partial charge >= 0.3 is 0 Å². The first-order chi connectivity index (χ1) is 11.5. The van der Waals surface area contributed by atoms with Crippen LogP contribution in [0.25, 0.3) is 6.08 Å². The van der Waals surface area contributed by atoms with Gasteiger partial charge in [-0.2, -0.15) is 0 Å². The van der Waals surface area contributed by atoms with Crippen LogP contribution in [0, 0.1) is 0 Å². The number of thioether (sulfide) groups is 1. The Balaban J connectivity index is 2.34. The third kappa shape index (κ3) is 3.67. The molecule has 1 fully saturated rings. The van der Waals surface area contributed by atoms with E-state index in [1.807, 2.05) is 6.92 Å². The van der Waals surface area contributed by atoms with E-state index in [1.54, 1.807) is 18.2 Å². The Morgan fingerprint density at radius 2 is 1.71 bits per heavy atom. The van der Waals surface area contributed by atoms with Gasteiger partial charge in [-0.3, -0.25) is 14.5 Å². The van der Waals surface area contributed by atoms with Crippen LogP contribution in [0.3, 0.4) is 0 Å². The summed E-state index contributed by atoms with van der Waals surface area (Å²) in [6.07, 6.45) is 3.39. The van der Waals surface area contributed by atoms with Crippen molar-refractivity contribution in [3.63, 3.8) is 0 Å². The van der Waals surface area contributed by atoms with Crippen molar-refractivity contribution in [2.45, 2.75) is 19.8 Å². The van der Waals surface area contributed by atoms with Gasteiger partial charge in [0.15, 0.2) is 11.5 Å². The number of unbranched alkanes of at least 4 members (excludes halogenated alkanes) is 1. The molecule has 2 amide bonds. The van der Waals surface area contributed by atoms with Crippen molar-refractivity contribution in [1.82, 2.24) is 4.90 Å². The summed E-state index contributed by atoms with van der Waals surface area (Å²) in [7, 11) is 4.58. The first-order valence-corrected chi connectivity index (χ1v) is 8.42. The predicted octanol–water partition coefficient (Wildman–Crippen LogP) is 3.55. The molecule has 0 spiro atoms. The molecule has 0 unspecified atom stereocenters. The molecule has 24 heavy (non-hydrogen) atoms. The summed E-state index contributed by atoms with van der Waals surface area (Å²) in [5, 5.41) is -0.229. The van der Waals surface area contributed by atoms with Gasteiger partial charge in [0.1, 0.15) is 0 Å². The molecule has 0 bridgehead atoms. The highest BCUT2D eigenvalue weighted by Crippen LogP contribution is 2.40. The molecule has 0 saturated carbocycles. The molecule has 0 aliphatic carbocycles. The second-order valence-electron chi connectivity index (χ2n) is 5.15. The minimum absolute atomic E-state index is 0.229. The van der Waals surface area contributed by atoms with E-state index in [4.69, 9.17) is 14.2 Å². The number of rotatable bonds is 7. The van der Waals surface area contributed by atoms with E-state index in [0.717, 1.165) is 24.6 Å². The van der Waals surface area contributed by atoms with E-state index < -0.39 is 0 Å². The number of methoxy groups -OCH3 is 3. The second-order valence-corrected chi connectivity index (χ2v) is 6.14. The predicted molar refractivity (Wildman–Crippen MR) is 93.7 cm³/mol. The molecule has 1 aromatic carbocycles. The molecule has 0 atom stereocenters. The third-order valence-electron chi connectivity index (χ3n) is 3.59. The minimum Gasteiger partial charge on any atom is -0.493 e. The monoisotopic (exact) mass is 351 g/mol. The normalized spacial score (nSPS) is 16.0. The zero-order valence-electron chi connectivity index (χ0n) is 14.3. The van der Waals surface area contributed by atoms with Crippen molar-refractivity contribution in [1.29, 1.82) is 0 Å². The van der Waals surface area contributed by atoms with Crippen molar-refractivity contribution in [2.75, 3.05) is 27.9 Å². The quantitative estimate of drug-likeness (QED) is 0.700. The first-order valence-electron chi connectivity index (χ1n) is 7.61. The number of imide groups is 1. The number of carbonyl (C=O) groups is 2. The Bertz CT molecular complexity index is 646. The summed E-state index contributed by atoms with van der Waals surface area (Å²) in [5.74, 6) is 1.21. The molecule has 1 saturated heterocycles. The molecule has 130 valence electrons. The maximum absolute atomic E-state index is 12.4. The van der Waals surface area contributed by atoms with Crippen molar-refractivity contribution >= 4 is 29.0 Å². The second kappa shape index (κ2) is 8.10. The average Bonchev–Trinajstić information content (AvgIpc) is 2.85. The fourth-order valence-electron chi connectivity index (χ4n) is 2.35. The Labute approximate surface area is 145 Å². The molecule has 1 aliphatic rings. The number of benzene rings is 1. The van der Waals surface area contributed by atoms with Crippen LogP contribution in [-0.2, 0) is 4.79 Å². The van der Waals surface area contributed by atoms with Gasteiger partial charge in [0.2, 0.25) is 5.75 Å². The van der Waals surface area contributed by atoms with Gasteiger partial charge in [-0.25, -0.2) is 0 Å². The maximum Gasteiger partial charge on any atom is 0.293 e. The number of amides is 2. The SMILES string of the molecule is CCCCN1C(=O)SC(=Cc2cc(OC)c(OC)c(OC)c2)C1=O. The molecular formula is C17H21NO5S. The molecule has 1 heterocycles. The smallest absolute Gasteiger partial charge is 0.293 e. The molecule has 1 aliphatic heterocycles. The summed E-state index contributed by atoms with van der Waals surface area (Å²) < 4.78 is 15.9. The summed E-state index contributed by atoms with van der Waals surface area (Å²) in [5.41, 5.74) is 0.700. The molecular weight excluding hydrogens is 330 g/mol. The molecule has 6 nitrogen and oxygen atoms in total. The lowest BCUT2D eigenvalue weighted by atomic mass is 10.1. The van der Waals surface area contributed by atoms with Gasteiger partial charge in [0, 0.05) is 6.54 Å². The van der Waals surface area contributed by atoms with Crippen LogP contribution in [0.2, 0.25) is 0 Å². The van der Waals surface area contributed by atoms with E-state index in [0.29, 0.717) is 34.3 Å². The topological polar surface area (TPSA) is 65.1 Å². The lowest BCUT2D eigenvalue weighted by molar-refractivity contribution is -0.122. The average molecular weight is 351 g/mol. The Morgan fingerprint density at radius 1 is 1.08 bits per heavy atom. The van der Waals surface area contributed by atoms with Crippen LogP contribution in [0.4, 0.5) is 4.79 Å². The van der Waals surface area contributed by atoms with Crippen LogP contribution in [0.5, 0.6) is 17.2 Å². The molecule has 0 aromatic heterocycles. The highest BCUT2D eigenvalue weighted by atomic mass is 32.2. The van der Waals surface area contributed by atoms with Gasteiger partial charge in [-0.15, -0.1) is 0 Å². The number of carbonyl (C=O) groups excluding carboxylic acids is 2. The standard InChI is InChI=1S/C17H21NO5S/c1-5-6-7-18-16(19)14(24-17(18)20)10-11-8-12(21-2)15(23-4)13(9-11)22-3/h8-10H,5-7H2,1-4H3. The number of nitrogens with zero attached hydrogens (tertiary/aromatic N) is 1. The highest BCUT2D eigenvalue weighted by Gasteiger charge is 2.34. The van der Waals surface area contributed by atoms with Crippen molar-refractivity contribution in [3.8, 4) is 17.2 Å². The van der Waals surface area contributed by atoms with Crippen LogP contribution in [-0.4, -0.2) is 43.9 Å². The Hall–Kier alpha value is -2.15. The van der Waals surface area contributed by atoms with Crippen molar-refractivity contribution in [3.05, 3.63) is 22.6 Å². The van der Waals surface area contributed by atoms with Gasteiger partial charge in [0.25, 0.3) is 11.1 Å². The third-order valence-corrected chi connectivity index (χ3v) is 4.50. The molecule has 0 N–H and O–H groups in total. The Morgan fingerprint density at radius 3 is 2.21 bits per heavy atom. The van der Waals surface area contributed by atoms with E-state index in [9.17, 15) is 9.59 Å². The lowest BCUT2D eigenvalue weighted by Crippen LogP contribution is -2.29. The number of hydrogen-bond acceptors (Lipinski definition) is 6. The van der Waals surface area contributed by atoms with Crippen molar-refractivity contribution in [2.24, 2.45) is 0 Å². The van der Waals surface area contributed by atoms with E-state index in [1.165, 1.54) is 26.2 Å². The maximum atomic E-state index is 12.4. The van der Waals surface area contributed by atoms with Crippen LogP contribution in [0.1, 0.15) is 25.3 Å². The van der Waals surface area contributed by atoms with Gasteiger partial charge in [0.05, 0.1) is 26.2 Å². The molecule has 7 heteroatoms. The molecule has 0 radical (unpaired) electrons. The van der Waals surface area contributed by atoms with Crippen LogP contribution >= 0.6 is 11.8 Å². The summed E-state index contributed by atoms with van der Waals surface area (Å²) in [6, 6.07) is 3.47. The number of hydrogen-bond donors (Lipinski definition) is 0.